The smallest absolute Gasteiger partial charge is 0.135 e. The number of nitrogens with two attached hydrogens (primary N) is 2. The van der Waals surface area contributed by atoms with Gasteiger partial charge in [-0.1, -0.05) is 26.5 Å². The third-order valence-corrected chi connectivity index (χ3v) is 1.75. The Bertz CT molecular complexity index is 314. The summed E-state index contributed by atoms with van der Waals surface area (Å²) in [5, 5.41) is 0. The normalized spacial score (nSPS) is 13.5. The van der Waals surface area contributed by atoms with Gasteiger partial charge in [0.1, 0.15) is 11.6 Å². The summed E-state index contributed by atoms with van der Waals surface area (Å²) in [5.74, 6) is 1.17. The van der Waals surface area contributed by atoms with Crippen LogP contribution in [0, 0.1) is 5.92 Å². The van der Waals surface area contributed by atoms with E-state index in [9.17, 15) is 0 Å². The molecule has 0 aliphatic carbocycles. The van der Waals surface area contributed by atoms with E-state index < -0.39 is 0 Å². The van der Waals surface area contributed by atoms with E-state index in [1.54, 1.807) is 6.20 Å². The van der Waals surface area contributed by atoms with Crippen molar-refractivity contribution in [2.75, 3.05) is 6.61 Å². The van der Waals surface area contributed by atoms with Crippen LogP contribution in [0.15, 0.2) is 41.4 Å². The van der Waals surface area contributed by atoms with E-state index >= 15 is 0 Å². The van der Waals surface area contributed by atoms with Crippen LogP contribution in [-0.2, 0) is 4.74 Å². The lowest BCUT2D eigenvalue weighted by atomic mass is 10.2. The summed E-state index contributed by atoms with van der Waals surface area (Å²) in [6, 6.07) is 0. The van der Waals surface area contributed by atoms with Gasteiger partial charge in [-0.2, -0.15) is 0 Å². The van der Waals surface area contributed by atoms with Gasteiger partial charge in [0, 0.05) is 12.4 Å². The van der Waals surface area contributed by atoms with Gasteiger partial charge in [-0.05, 0) is 12.8 Å². The summed E-state index contributed by atoms with van der Waals surface area (Å²) in [6.45, 7) is 10.2. The van der Waals surface area contributed by atoms with E-state index in [-0.39, 0.29) is 0 Å². The summed E-state index contributed by atoms with van der Waals surface area (Å²) in [7, 11) is 0. The van der Waals surface area contributed by atoms with E-state index in [2.05, 4.69) is 25.4 Å². The quantitative estimate of drug-likeness (QED) is 0.312. The Morgan fingerprint density at radius 2 is 2.12 bits per heavy atom. The van der Waals surface area contributed by atoms with Crippen molar-refractivity contribution < 1.29 is 4.74 Å². The number of rotatable bonds is 6. The van der Waals surface area contributed by atoms with Crippen molar-refractivity contribution in [3.05, 3.63) is 36.4 Å². The summed E-state index contributed by atoms with van der Waals surface area (Å²) >= 11 is 0. The first-order chi connectivity index (χ1) is 7.52. The average Bonchev–Trinajstić information content (AvgIpc) is 2.18. The van der Waals surface area contributed by atoms with Crippen molar-refractivity contribution in [1.82, 2.24) is 0 Å². The van der Waals surface area contributed by atoms with Gasteiger partial charge in [0.05, 0.1) is 12.2 Å². The summed E-state index contributed by atoms with van der Waals surface area (Å²) in [4.78, 5) is 4.06. The number of allylic oxidation sites excluding steroid dienone is 1. The van der Waals surface area contributed by atoms with Crippen LogP contribution in [0.3, 0.4) is 0 Å². The van der Waals surface area contributed by atoms with E-state index in [1.165, 1.54) is 6.20 Å². The van der Waals surface area contributed by atoms with Crippen LogP contribution in [0.25, 0.3) is 0 Å². The fourth-order valence-electron chi connectivity index (χ4n) is 0.938. The van der Waals surface area contributed by atoms with Gasteiger partial charge in [0.15, 0.2) is 0 Å². The fourth-order valence-corrected chi connectivity index (χ4v) is 0.938. The van der Waals surface area contributed by atoms with Gasteiger partial charge in [0.25, 0.3) is 0 Å². The molecule has 0 bridgehead atoms. The first-order valence-corrected chi connectivity index (χ1v) is 5.27. The van der Waals surface area contributed by atoms with E-state index in [0.717, 1.165) is 0 Å². The lowest BCUT2D eigenvalue weighted by Gasteiger charge is -2.09. The maximum Gasteiger partial charge on any atom is 0.135 e. The Morgan fingerprint density at radius 1 is 1.50 bits per heavy atom. The van der Waals surface area contributed by atoms with Crippen molar-refractivity contribution in [3.63, 3.8) is 0 Å². The van der Waals surface area contributed by atoms with Crippen molar-refractivity contribution in [3.8, 4) is 0 Å². The molecule has 0 atom stereocenters. The van der Waals surface area contributed by atoms with Crippen LogP contribution in [0.5, 0.6) is 0 Å². The summed E-state index contributed by atoms with van der Waals surface area (Å²) in [6.07, 6.45) is 4.94. The number of hydrogen-bond donors (Lipinski definition) is 2. The van der Waals surface area contributed by atoms with Gasteiger partial charge in [0.2, 0.25) is 0 Å². The minimum absolute atomic E-state index is 0.304. The van der Waals surface area contributed by atoms with Crippen LogP contribution in [0.1, 0.15) is 20.8 Å². The number of aliphatic imine (C=N–C) groups is 1. The Hall–Kier alpha value is -1.71. The molecule has 0 heterocycles. The van der Waals surface area contributed by atoms with Gasteiger partial charge >= 0.3 is 0 Å². The highest BCUT2D eigenvalue weighted by Crippen LogP contribution is 2.08. The molecule has 0 radical (unpaired) electrons. The average molecular weight is 223 g/mol. The summed E-state index contributed by atoms with van der Waals surface area (Å²) in [5.41, 5.74) is 11.7. The number of hydrogen-bond acceptors (Lipinski definition) is 3. The Morgan fingerprint density at radius 3 is 2.56 bits per heavy atom. The standard InChI is InChI=1S/C12H21N3O/c1-5-16-10(4)11(8-13)12(14)15-7-6-9(2)3/h6-9H,4-5,13H2,1-3H3,(H2,14,15)/b7-6-,11-8?. The van der Waals surface area contributed by atoms with Crippen molar-refractivity contribution in [1.29, 1.82) is 0 Å². The zero-order chi connectivity index (χ0) is 12.6. The maximum atomic E-state index is 5.76. The van der Waals surface area contributed by atoms with E-state index in [1.807, 2.05) is 13.0 Å². The Labute approximate surface area is 97.4 Å². The minimum atomic E-state index is 0.304. The Kier molecular flexibility index (Phi) is 6.76. The number of amidine groups is 1. The van der Waals surface area contributed by atoms with Gasteiger partial charge in [-0.25, -0.2) is 4.99 Å². The first-order valence-electron chi connectivity index (χ1n) is 5.27. The van der Waals surface area contributed by atoms with Crippen LogP contribution in [-0.4, -0.2) is 12.4 Å². The molecule has 0 saturated heterocycles. The molecule has 0 aromatic rings. The Balaban J connectivity index is 4.67. The number of nitrogens with zero attached hydrogens (tertiary/aromatic N) is 1. The molecule has 0 aliphatic heterocycles. The van der Waals surface area contributed by atoms with E-state index in [4.69, 9.17) is 16.2 Å². The largest absolute Gasteiger partial charge is 0.494 e. The molecule has 0 rings (SSSR count). The molecule has 0 unspecified atom stereocenters. The van der Waals surface area contributed by atoms with Gasteiger partial charge in [-0.15, -0.1) is 0 Å². The van der Waals surface area contributed by atoms with Gasteiger partial charge in [-0.3, -0.25) is 0 Å². The molecular weight excluding hydrogens is 202 g/mol. The molecule has 16 heavy (non-hydrogen) atoms. The molecule has 0 aromatic heterocycles. The van der Waals surface area contributed by atoms with Crippen LogP contribution >= 0.6 is 0 Å². The first kappa shape index (κ1) is 14.3. The second-order valence-corrected chi connectivity index (χ2v) is 3.54. The van der Waals surface area contributed by atoms with Crippen LogP contribution in [0.2, 0.25) is 0 Å². The highest BCUT2D eigenvalue weighted by Gasteiger charge is 2.06. The van der Waals surface area contributed by atoms with Crippen LogP contribution in [0.4, 0.5) is 0 Å². The molecule has 4 N–H and O–H groups in total. The second kappa shape index (κ2) is 7.56. The lowest BCUT2D eigenvalue weighted by Crippen LogP contribution is -2.18. The van der Waals surface area contributed by atoms with Crippen molar-refractivity contribution >= 4 is 5.84 Å². The predicted octanol–water partition coefficient (Wildman–Crippen LogP) is 1.91. The monoisotopic (exact) mass is 223 g/mol. The number of ether oxygens (including phenoxy) is 1. The molecule has 0 amide bonds. The predicted molar refractivity (Wildman–Crippen MR) is 68.6 cm³/mol. The van der Waals surface area contributed by atoms with Crippen LogP contribution < -0.4 is 11.5 Å². The molecule has 90 valence electrons. The lowest BCUT2D eigenvalue weighted by molar-refractivity contribution is 0.241. The molecule has 0 aromatic carbocycles. The SMILES string of the molecule is C=C(OCC)C(=CN)C(N)=N/C=C\C(C)C. The molecule has 0 saturated carbocycles. The molecule has 4 nitrogen and oxygen atoms in total. The minimum Gasteiger partial charge on any atom is -0.494 e. The summed E-state index contributed by atoms with van der Waals surface area (Å²) < 4.78 is 5.22. The fraction of sp³-hybridized carbons (Fsp3) is 0.417. The maximum absolute atomic E-state index is 5.76. The third kappa shape index (κ3) is 5.24. The third-order valence-electron chi connectivity index (χ3n) is 1.75. The van der Waals surface area contributed by atoms with Crippen molar-refractivity contribution in [2.45, 2.75) is 20.8 Å². The zero-order valence-electron chi connectivity index (χ0n) is 10.2. The molecule has 0 spiro atoms. The van der Waals surface area contributed by atoms with E-state index in [0.29, 0.717) is 29.7 Å². The molecule has 0 fully saturated rings. The molecule has 4 heteroatoms. The highest BCUT2D eigenvalue weighted by molar-refractivity contribution is 6.00. The molecular formula is C12H21N3O. The topological polar surface area (TPSA) is 73.6 Å². The second-order valence-electron chi connectivity index (χ2n) is 3.54. The zero-order valence-corrected chi connectivity index (χ0v) is 10.2. The van der Waals surface area contributed by atoms with Gasteiger partial charge < -0.3 is 16.2 Å². The van der Waals surface area contributed by atoms with Crippen molar-refractivity contribution in [2.24, 2.45) is 22.4 Å². The highest BCUT2D eigenvalue weighted by atomic mass is 16.5. The molecule has 0 aliphatic rings.